The smallest absolute Gasteiger partial charge is 0.338 e. The highest BCUT2D eigenvalue weighted by Gasteiger charge is 2.44. The number of benzene rings is 1. The Hall–Kier alpha value is -1.64. The third kappa shape index (κ3) is 3.02. The van der Waals surface area contributed by atoms with Crippen LogP contribution in [0.5, 0.6) is 0 Å². The van der Waals surface area contributed by atoms with Gasteiger partial charge in [0.1, 0.15) is 12.4 Å². The van der Waals surface area contributed by atoms with Gasteiger partial charge in [0.05, 0.1) is 5.56 Å². The van der Waals surface area contributed by atoms with Gasteiger partial charge in [0, 0.05) is 5.41 Å². The van der Waals surface area contributed by atoms with Crippen LogP contribution in [-0.4, -0.2) is 18.4 Å². The lowest BCUT2D eigenvalue weighted by Gasteiger charge is -2.45. The van der Waals surface area contributed by atoms with Crippen LogP contribution in [0.3, 0.4) is 0 Å². The molecule has 0 aromatic heterocycles. The highest BCUT2D eigenvalue weighted by molar-refractivity contribution is 5.89. The molecule has 0 saturated heterocycles. The molecule has 2 aliphatic carbocycles. The van der Waals surface area contributed by atoms with Crippen molar-refractivity contribution in [3.05, 3.63) is 35.9 Å². The normalized spacial score (nSPS) is 35.0. The molecular weight excluding hydrogens is 264 g/mol. The zero-order valence-electron chi connectivity index (χ0n) is 12.5. The van der Waals surface area contributed by atoms with Gasteiger partial charge in [0.15, 0.2) is 0 Å². The lowest BCUT2D eigenvalue weighted by Crippen LogP contribution is -2.42. The van der Waals surface area contributed by atoms with Gasteiger partial charge in [-0.3, -0.25) is 0 Å². The van der Waals surface area contributed by atoms with Crippen LogP contribution < -0.4 is 0 Å². The predicted octanol–water partition coefficient (Wildman–Crippen LogP) is 3.63. The first kappa shape index (κ1) is 14.3. The molecule has 0 N–H and O–H groups in total. The Kier molecular flexibility index (Phi) is 3.83. The molecular formula is C18H22O3. The van der Waals surface area contributed by atoms with Crippen LogP contribution in [-0.2, 0) is 9.53 Å². The Bertz CT molecular complexity index is 525. The number of aldehydes is 1. The van der Waals surface area contributed by atoms with Crippen LogP contribution >= 0.6 is 0 Å². The van der Waals surface area contributed by atoms with E-state index in [0.29, 0.717) is 17.4 Å². The van der Waals surface area contributed by atoms with E-state index in [9.17, 15) is 9.59 Å². The summed E-state index contributed by atoms with van der Waals surface area (Å²) < 4.78 is 5.75. The second kappa shape index (κ2) is 5.63. The molecule has 4 atom stereocenters. The summed E-state index contributed by atoms with van der Waals surface area (Å²) >= 11 is 0. The van der Waals surface area contributed by atoms with E-state index in [0.717, 1.165) is 38.4 Å². The fourth-order valence-corrected chi connectivity index (χ4v) is 4.11. The lowest BCUT2D eigenvalue weighted by atomic mass is 9.61. The molecule has 3 heteroatoms. The van der Waals surface area contributed by atoms with E-state index in [2.05, 4.69) is 0 Å². The fourth-order valence-electron chi connectivity index (χ4n) is 4.11. The van der Waals surface area contributed by atoms with Crippen molar-refractivity contribution in [2.24, 2.45) is 17.3 Å². The van der Waals surface area contributed by atoms with Crippen molar-refractivity contribution in [1.29, 1.82) is 0 Å². The van der Waals surface area contributed by atoms with E-state index in [1.807, 2.05) is 25.1 Å². The molecule has 3 rings (SSSR count). The van der Waals surface area contributed by atoms with Crippen LogP contribution in [0.4, 0.5) is 0 Å². The number of esters is 1. The van der Waals surface area contributed by atoms with E-state index in [4.69, 9.17) is 4.74 Å². The van der Waals surface area contributed by atoms with Crippen molar-refractivity contribution in [2.75, 3.05) is 0 Å². The number of carbonyl (C=O) groups excluding carboxylic acids is 2. The average Bonchev–Trinajstić information content (AvgIpc) is 2.51. The molecule has 0 unspecified atom stereocenters. The first-order valence-corrected chi connectivity index (χ1v) is 7.82. The molecule has 0 spiro atoms. The van der Waals surface area contributed by atoms with Gasteiger partial charge in [-0.05, 0) is 56.1 Å². The molecule has 1 aromatic carbocycles. The molecule has 3 nitrogen and oxygen atoms in total. The predicted molar refractivity (Wildman–Crippen MR) is 79.9 cm³/mol. The minimum Gasteiger partial charge on any atom is -0.458 e. The molecule has 2 aliphatic rings. The summed E-state index contributed by atoms with van der Waals surface area (Å²) in [6, 6.07) is 9.14. The molecule has 2 saturated carbocycles. The lowest BCUT2D eigenvalue weighted by molar-refractivity contribution is -0.122. The first-order chi connectivity index (χ1) is 10.1. The topological polar surface area (TPSA) is 43.4 Å². The van der Waals surface area contributed by atoms with Crippen LogP contribution in [0.25, 0.3) is 0 Å². The summed E-state index contributed by atoms with van der Waals surface area (Å²) in [5.41, 5.74) is 0.374. The zero-order valence-corrected chi connectivity index (χ0v) is 12.5. The van der Waals surface area contributed by atoms with E-state index < -0.39 is 0 Å². The van der Waals surface area contributed by atoms with E-state index in [1.165, 1.54) is 0 Å². The van der Waals surface area contributed by atoms with Crippen LogP contribution in [0.1, 0.15) is 49.4 Å². The van der Waals surface area contributed by atoms with Crippen molar-refractivity contribution < 1.29 is 14.3 Å². The number of hydrogen-bond acceptors (Lipinski definition) is 3. The van der Waals surface area contributed by atoms with Gasteiger partial charge in [-0.2, -0.15) is 0 Å². The van der Waals surface area contributed by atoms with Crippen molar-refractivity contribution in [3.63, 3.8) is 0 Å². The summed E-state index contributed by atoms with van der Waals surface area (Å²) in [6.07, 6.45) is 6.00. The summed E-state index contributed by atoms with van der Waals surface area (Å²) in [7, 11) is 0. The van der Waals surface area contributed by atoms with E-state index >= 15 is 0 Å². The molecule has 2 bridgehead atoms. The molecule has 0 radical (unpaired) electrons. The second-order valence-corrected chi connectivity index (χ2v) is 6.93. The molecule has 112 valence electrons. The van der Waals surface area contributed by atoms with E-state index in [1.54, 1.807) is 12.1 Å². The third-order valence-corrected chi connectivity index (χ3v) is 5.06. The number of rotatable bonds is 3. The van der Waals surface area contributed by atoms with Gasteiger partial charge >= 0.3 is 5.97 Å². The maximum Gasteiger partial charge on any atom is 0.338 e. The van der Waals surface area contributed by atoms with Crippen molar-refractivity contribution >= 4 is 12.3 Å². The van der Waals surface area contributed by atoms with E-state index in [-0.39, 0.29) is 17.5 Å². The van der Waals surface area contributed by atoms with Gasteiger partial charge in [-0.25, -0.2) is 4.79 Å². The molecule has 21 heavy (non-hydrogen) atoms. The van der Waals surface area contributed by atoms with Gasteiger partial charge in [-0.15, -0.1) is 0 Å². The monoisotopic (exact) mass is 286 g/mol. The number of ether oxygens (including phenoxy) is 1. The maximum absolute atomic E-state index is 12.2. The Morgan fingerprint density at radius 2 is 2.00 bits per heavy atom. The summed E-state index contributed by atoms with van der Waals surface area (Å²) in [5.74, 6) is 0.711. The molecule has 0 heterocycles. The van der Waals surface area contributed by atoms with Gasteiger partial charge in [0.2, 0.25) is 0 Å². The van der Waals surface area contributed by atoms with Crippen LogP contribution in [0, 0.1) is 17.3 Å². The minimum atomic E-state index is -0.238. The number of carbonyl (C=O) groups is 2. The molecule has 1 aromatic rings. The summed E-state index contributed by atoms with van der Waals surface area (Å²) in [5, 5.41) is 0. The second-order valence-electron chi connectivity index (χ2n) is 6.93. The Morgan fingerprint density at radius 1 is 1.24 bits per heavy atom. The molecule has 2 fully saturated rings. The number of fused-ring (bicyclic) bond motifs is 2. The Balaban J connectivity index is 1.69. The standard InChI is InChI=1S/C18H22O3/c1-18(12-19)10-13-7-8-16(15(9-13)11-18)21-17(20)14-5-3-2-4-6-14/h2-6,12-13,15-16H,7-11H2,1H3/t13-,15+,16+,18-/m0/s1. The molecule has 0 amide bonds. The van der Waals surface area contributed by atoms with Gasteiger partial charge in [0.25, 0.3) is 0 Å². The fraction of sp³-hybridized carbons (Fsp3) is 0.556. The highest BCUT2D eigenvalue weighted by atomic mass is 16.5. The average molecular weight is 286 g/mol. The third-order valence-electron chi connectivity index (χ3n) is 5.06. The number of hydrogen-bond donors (Lipinski definition) is 0. The van der Waals surface area contributed by atoms with Crippen molar-refractivity contribution in [1.82, 2.24) is 0 Å². The summed E-state index contributed by atoms with van der Waals surface area (Å²) in [4.78, 5) is 23.6. The zero-order chi connectivity index (χ0) is 14.9. The maximum atomic E-state index is 12.2. The largest absolute Gasteiger partial charge is 0.458 e. The quantitative estimate of drug-likeness (QED) is 0.629. The highest BCUT2D eigenvalue weighted by Crippen LogP contribution is 2.48. The van der Waals surface area contributed by atoms with Crippen LogP contribution in [0.15, 0.2) is 30.3 Å². The first-order valence-electron chi connectivity index (χ1n) is 7.82. The van der Waals surface area contributed by atoms with Crippen molar-refractivity contribution in [2.45, 2.75) is 45.1 Å². The Morgan fingerprint density at radius 3 is 2.71 bits per heavy atom. The van der Waals surface area contributed by atoms with Crippen LogP contribution in [0.2, 0.25) is 0 Å². The Labute approximate surface area is 125 Å². The van der Waals surface area contributed by atoms with Crippen molar-refractivity contribution in [3.8, 4) is 0 Å². The molecule has 0 aliphatic heterocycles. The minimum absolute atomic E-state index is 0.0338. The van der Waals surface area contributed by atoms with Gasteiger partial charge in [-0.1, -0.05) is 25.1 Å². The summed E-state index contributed by atoms with van der Waals surface area (Å²) in [6.45, 7) is 2.04. The SMILES string of the molecule is C[C@]1(C=O)C[C@H]2CC[C@@H](OC(=O)c3ccccc3)[C@H](C2)C1. The van der Waals surface area contributed by atoms with Gasteiger partial charge < -0.3 is 9.53 Å².